The molecule has 0 radical (unpaired) electrons. The molecule has 1 saturated heterocycles. The van der Waals surface area contributed by atoms with E-state index >= 15 is 0 Å². The van der Waals surface area contributed by atoms with Crippen molar-refractivity contribution in [3.05, 3.63) is 40.2 Å². The predicted octanol–water partition coefficient (Wildman–Crippen LogP) is 2.05. The number of fused-ring (bicyclic) bond motifs is 1. The average Bonchev–Trinajstić information content (AvgIpc) is 2.52. The van der Waals surface area contributed by atoms with E-state index < -0.39 is 5.63 Å². The number of nitrogens with zero attached hydrogens (tertiary/aromatic N) is 1. The van der Waals surface area contributed by atoms with E-state index in [0.717, 1.165) is 0 Å². The largest absolute Gasteiger partial charge is 0.497 e. The van der Waals surface area contributed by atoms with Crippen LogP contribution in [0.4, 0.5) is 0 Å². The second kappa shape index (κ2) is 6.04. The van der Waals surface area contributed by atoms with Crippen LogP contribution in [0.3, 0.4) is 0 Å². The van der Waals surface area contributed by atoms with Gasteiger partial charge in [-0.2, -0.15) is 0 Å². The summed E-state index contributed by atoms with van der Waals surface area (Å²) in [5.41, 5.74) is -0.164. The lowest BCUT2D eigenvalue weighted by molar-refractivity contribution is -0.0587. The number of amides is 1. The van der Waals surface area contributed by atoms with Gasteiger partial charge < -0.3 is 18.8 Å². The highest BCUT2D eigenvalue weighted by molar-refractivity contribution is 5.96. The number of morpholine rings is 1. The van der Waals surface area contributed by atoms with E-state index in [2.05, 4.69) is 0 Å². The zero-order chi connectivity index (χ0) is 16.6. The van der Waals surface area contributed by atoms with Crippen LogP contribution in [0, 0.1) is 0 Å². The molecular formula is C17H19NO5. The number of hydrogen-bond donors (Lipinski definition) is 0. The van der Waals surface area contributed by atoms with E-state index in [1.807, 2.05) is 13.8 Å². The maximum atomic E-state index is 12.7. The van der Waals surface area contributed by atoms with Crippen molar-refractivity contribution in [2.24, 2.45) is 0 Å². The minimum atomic E-state index is -0.625. The van der Waals surface area contributed by atoms with E-state index in [4.69, 9.17) is 13.9 Å². The molecular weight excluding hydrogens is 298 g/mol. The fraction of sp³-hybridized carbons (Fsp3) is 0.412. The van der Waals surface area contributed by atoms with Gasteiger partial charge in [-0.05, 0) is 38.1 Å². The molecule has 1 fully saturated rings. The lowest BCUT2D eigenvalue weighted by Gasteiger charge is -2.35. The Kier molecular flexibility index (Phi) is 4.09. The number of carbonyl (C=O) groups is 1. The normalized spacial score (nSPS) is 21.4. The van der Waals surface area contributed by atoms with Crippen molar-refractivity contribution in [2.45, 2.75) is 26.1 Å². The van der Waals surface area contributed by atoms with Gasteiger partial charge in [0.15, 0.2) is 0 Å². The third-order valence-corrected chi connectivity index (χ3v) is 3.88. The van der Waals surface area contributed by atoms with Crippen molar-refractivity contribution in [2.75, 3.05) is 20.2 Å². The second-order valence-corrected chi connectivity index (χ2v) is 5.82. The van der Waals surface area contributed by atoms with Crippen LogP contribution in [0.5, 0.6) is 5.75 Å². The first-order valence-electron chi connectivity index (χ1n) is 7.54. The van der Waals surface area contributed by atoms with Gasteiger partial charge in [-0.1, -0.05) is 0 Å². The highest BCUT2D eigenvalue weighted by Crippen LogP contribution is 2.21. The zero-order valence-corrected chi connectivity index (χ0v) is 13.4. The standard InChI is InChI=1S/C17H19NO5/c1-10-8-18(9-11(2)22-10)16(19)14-7-12-6-13(21-3)4-5-15(12)23-17(14)20/h4-7,10-11H,8-9H2,1-3H3/t10-,11+. The summed E-state index contributed by atoms with van der Waals surface area (Å²) in [6.07, 6.45) is -0.120. The topological polar surface area (TPSA) is 69.0 Å². The van der Waals surface area contributed by atoms with Gasteiger partial charge in [0, 0.05) is 18.5 Å². The van der Waals surface area contributed by atoms with E-state index in [0.29, 0.717) is 29.8 Å². The molecule has 1 aromatic heterocycles. The van der Waals surface area contributed by atoms with E-state index in [1.54, 1.807) is 36.3 Å². The molecule has 0 saturated carbocycles. The van der Waals surface area contributed by atoms with Crippen molar-refractivity contribution < 1.29 is 18.7 Å². The first-order chi connectivity index (χ1) is 11.0. The first-order valence-corrected chi connectivity index (χ1v) is 7.54. The maximum absolute atomic E-state index is 12.7. The Bertz CT molecular complexity index is 787. The van der Waals surface area contributed by atoms with Crippen LogP contribution in [-0.4, -0.2) is 43.2 Å². The molecule has 6 nitrogen and oxygen atoms in total. The molecule has 0 aliphatic carbocycles. The summed E-state index contributed by atoms with van der Waals surface area (Å²) in [6.45, 7) is 4.73. The number of methoxy groups -OCH3 is 1. The van der Waals surface area contributed by atoms with Crippen LogP contribution in [0.25, 0.3) is 11.0 Å². The molecule has 2 heterocycles. The van der Waals surface area contributed by atoms with Gasteiger partial charge in [-0.15, -0.1) is 0 Å². The molecule has 1 amide bonds. The van der Waals surface area contributed by atoms with Gasteiger partial charge in [-0.3, -0.25) is 4.79 Å². The Morgan fingerprint density at radius 2 is 1.91 bits per heavy atom. The Balaban J connectivity index is 1.99. The van der Waals surface area contributed by atoms with Crippen LogP contribution in [0.2, 0.25) is 0 Å². The van der Waals surface area contributed by atoms with Gasteiger partial charge in [0.2, 0.25) is 0 Å². The number of rotatable bonds is 2. The third-order valence-electron chi connectivity index (χ3n) is 3.88. The quantitative estimate of drug-likeness (QED) is 0.793. The van der Waals surface area contributed by atoms with Gasteiger partial charge >= 0.3 is 5.63 Å². The molecule has 2 aromatic rings. The molecule has 3 rings (SSSR count). The van der Waals surface area contributed by atoms with Crippen molar-refractivity contribution in [1.82, 2.24) is 4.90 Å². The lowest BCUT2D eigenvalue weighted by atomic mass is 10.1. The zero-order valence-electron chi connectivity index (χ0n) is 13.4. The Morgan fingerprint density at radius 1 is 1.22 bits per heavy atom. The summed E-state index contributed by atoms with van der Waals surface area (Å²) in [7, 11) is 1.56. The summed E-state index contributed by atoms with van der Waals surface area (Å²) in [5, 5.41) is 0.654. The van der Waals surface area contributed by atoms with Crippen molar-refractivity contribution >= 4 is 16.9 Å². The minimum Gasteiger partial charge on any atom is -0.497 e. The van der Waals surface area contributed by atoms with Crippen LogP contribution in [0.1, 0.15) is 24.2 Å². The smallest absolute Gasteiger partial charge is 0.349 e. The Hall–Kier alpha value is -2.34. The highest BCUT2D eigenvalue weighted by Gasteiger charge is 2.28. The Morgan fingerprint density at radius 3 is 2.57 bits per heavy atom. The van der Waals surface area contributed by atoms with Crippen molar-refractivity contribution in [3.8, 4) is 5.75 Å². The van der Waals surface area contributed by atoms with E-state index in [9.17, 15) is 9.59 Å². The molecule has 6 heteroatoms. The average molecular weight is 317 g/mol. The number of ether oxygens (including phenoxy) is 2. The Labute approximate surface area is 133 Å². The first kappa shape index (κ1) is 15.6. The molecule has 1 aliphatic rings. The summed E-state index contributed by atoms with van der Waals surface area (Å²) in [6, 6.07) is 6.66. The molecule has 2 atom stereocenters. The summed E-state index contributed by atoms with van der Waals surface area (Å²) >= 11 is 0. The third kappa shape index (κ3) is 3.07. The second-order valence-electron chi connectivity index (χ2n) is 5.82. The predicted molar refractivity (Wildman–Crippen MR) is 84.9 cm³/mol. The number of benzene rings is 1. The van der Waals surface area contributed by atoms with Crippen LogP contribution in [0.15, 0.2) is 33.5 Å². The van der Waals surface area contributed by atoms with Crippen LogP contribution < -0.4 is 10.4 Å². The fourth-order valence-corrected chi connectivity index (χ4v) is 2.89. The summed E-state index contributed by atoms with van der Waals surface area (Å²) in [4.78, 5) is 26.5. The molecule has 0 spiro atoms. The van der Waals surface area contributed by atoms with E-state index in [-0.39, 0.29) is 23.7 Å². The van der Waals surface area contributed by atoms with Gasteiger partial charge in [0.25, 0.3) is 5.91 Å². The SMILES string of the molecule is COc1ccc2oc(=O)c(C(=O)N3C[C@@H](C)O[C@@H](C)C3)cc2c1. The molecule has 1 aliphatic heterocycles. The molecule has 1 aromatic carbocycles. The highest BCUT2D eigenvalue weighted by atomic mass is 16.5. The molecule has 0 N–H and O–H groups in total. The van der Waals surface area contributed by atoms with E-state index in [1.165, 1.54) is 0 Å². The lowest BCUT2D eigenvalue weighted by Crippen LogP contribution is -2.49. The minimum absolute atomic E-state index is 0.0343. The summed E-state index contributed by atoms with van der Waals surface area (Å²) < 4.78 is 16.1. The molecule has 23 heavy (non-hydrogen) atoms. The van der Waals surface area contributed by atoms with Crippen LogP contribution in [-0.2, 0) is 4.74 Å². The van der Waals surface area contributed by atoms with Gasteiger partial charge in [-0.25, -0.2) is 4.79 Å². The van der Waals surface area contributed by atoms with Crippen LogP contribution >= 0.6 is 0 Å². The maximum Gasteiger partial charge on any atom is 0.349 e. The van der Waals surface area contributed by atoms with Gasteiger partial charge in [0.1, 0.15) is 16.9 Å². The number of hydrogen-bond acceptors (Lipinski definition) is 5. The fourth-order valence-electron chi connectivity index (χ4n) is 2.89. The van der Waals surface area contributed by atoms with Crippen molar-refractivity contribution in [1.29, 1.82) is 0 Å². The molecule has 0 bridgehead atoms. The molecule has 0 unspecified atom stereocenters. The summed E-state index contributed by atoms with van der Waals surface area (Å²) in [5.74, 6) is 0.309. The monoisotopic (exact) mass is 317 g/mol. The molecule has 122 valence electrons. The number of carbonyl (C=O) groups excluding carboxylic acids is 1. The van der Waals surface area contributed by atoms with Crippen molar-refractivity contribution in [3.63, 3.8) is 0 Å². The van der Waals surface area contributed by atoms with Gasteiger partial charge in [0.05, 0.1) is 19.3 Å².